The molecule has 24 heavy (non-hydrogen) atoms. The molecule has 2 aromatic carbocycles. The molecule has 1 fully saturated rings. The fourth-order valence-electron chi connectivity index (χ4n) is 3.10. The van der Waals surface area contributed by atoms with E-state index in [0.29, 0.717) is 5.56 Å². The van der Waals surface area contributed by atoms with Gasteiger partial charge in [-0.3, -0.25) is 0 Å². The van der Waals surface area contributed by atoms with Crippen molar-refractivity contribution in [1.29, 1.82) is 0 Å². The second-order valence-corrected chi connectivity index (χ2v) is 6.16. The third kappa shape index (κ3) is 3.50. The Bertz CT molecular complexity index is 660. The molecule has 0 saturated carbocycles. The summed E-state index contributed by atoms with van der Waals surface area (Å²) < 4.78 is 5.41. The summed E-state index contributed by atoms with van der Waals surface area (Å²) in [5.41, 5.74) is 2.81. The summed E-state index contributed by atoms with van der Waals surface area (Å²) >= 11 is 0. The highest BCUT2D eigenvalue weighted by molar-refractivity contribution is 5.31. The molecular weight excluding hydrogens is 308 g/mol. The van der Waals surface area contributed by atoms with Gasteiger partial charge in [0.2, 0.25) is 0 Å². The van der Waals surface area contributed by atoms with Crippen LogP contribution in [0.1, 0.15) is 22.8 Å². The number of aliphatic hydroxyl groups is 4. The van der Waals surface area contributed by atoms with E-state index in [1.807, 2.05) is 48.5 Å². The van der Waals surface area contributed by atoms with Crippen LogP contribution in [0.4, 0.5) is 0 Å². The minimum atomic E-state index is -1.24. The molecule has 5 atom stereocenters. The van der Waals surface area contributed by atoms with Gasteiger partial charge in [0.1, 0.15) is 30.5 Å². The molecule has 1 heterocycles. The Labute approximate surface area is 140 Å². The Morgan fingerprint density at radius 2 is 1.62 bits per heavy atom. The average molecular weight is 330 g/mol. The summed E-state index contributed by atoms with van der Waals surface area (Å²) in [5.74, 6) is 0. The molecule has 0 bridgehead atoms. The lowest BCUT2D eigenvalue weighted by Crippen LogP contribution is -2.35. The molecule has 0 spiro atoms. The minimum absolute atomic E-state index is 0.407. The first-order valence-electron chi connectivity index (χ1n) is 8.03. The van der Waals surface area contributed by atoms with Crippen molar-refractivity contribution in [2.45, 2.75) is 36.9 Å². The normalized spacial score (nSPS) is 28.0. The van der Waals surface area contributed by atoms with E-state index in [-0.39, 0.29) is 0 Å². The number of rotatable bonds is 5. The summed E-state index contributed by atoms with van der Waals surface area (Å²) in [6.45, 7) is -0.407. The summed E-state index contributed by atoms with van der Waals surface area (Å²) in [6, 6.07) is 17.4. The second-order valence-electron chi connectivity index (χ2n) is 6.16. The van der Waals surface area contributed by atoms with E-state index in [2.05, 4.69) is 0 Å². The van der Waals surface area contributed by atoms with Gasteiger partial charge in [0.05, 0.1) is 6.61 Å². The highest BCUT2D eigenvalue weighted by Gasteiger charge is 2.45. The molecule has 0 unspecified atom stereocenters. The number of ether oxygens (including phenoxy) is 1. The molecule has 0 aliphatic carbocycles. The van der Waals surface area contributed by atoms with Crippen LogP contribution < -0.4 is 0 Å². The lowest BCUT2D eigenvalue weighted by molar-refractivity contribution is -0.0760. The van der Waals surface area contributed by atoms with Crippen LogP contribution in [0.2, 0.25) is 0 Å². The maximum absolute atomic E-state index is 10.5. The Hall–Kier alpha value is -1.76. The molecule has 4 N–H and O–H groups in total. The molecule has 0 aromatic heterocycles. The van der Waals surface area contributed by atoms with Crippen LogP contribution in [0.5, 0.6) is 0 Å². The van der Waals surface area contributed by atoms with Gasteiger partial charge in [-0.2, -0.15) is 0 Å². The Kier molecular flexibility index (Phi) is 5.28. The molecule has 1 aliphatic rings. The van der Waals surface area contributed by atoms with Crippen LogP contribution in [0.25, 0.3) is 0 Å². The summed E-state index contributed by atoms with van der Waals surface area (Å²) in [6.07, 6.45) is -4.65. The first kappa shape index (κ1) is 17.1. The number of benzene rings is 2. The zero-order chi connectivity index (χ0) is 17.1. The zero-order valence-electron chi connectivity index (χ0n) is 13.2. The van der Waals surface area contributed by atoms with Crippen LogP contribution in [0.15, 0.2) is 54.6 Å². The predicted molar refractivity (Wildman–Crippen MR) is 88.4 cm³/mol. The Balaban J connectivity index is 1.76. The van der Waals surface area contributed by atoms with Crippen LogP contribution in [-0.2, 0) is 11.2 Å². The Morgan fingerprint density at radius 3 is 2.29 bits per heavy atom. The van der Waals surface area contributed by atoms with E-state index in [4.69, 9.17) is 9.84 Å². The van der Waals surface area contributed by atoms with E-state index in [9.17, 15) is 15.3 Å². The van der Waals surface area contributed by atoms with Crippen molar-refractivity contribution in [3.63, 3.8) is 0 Å². The number of hydrogen-bond donors (Lipinski definition) is 4. The SMILES string of the molecule is OC[C@H]1O[C@@H]([C@@H](O)c2cccc(Cc3ccccc3)c2)[C@@H](O)[C@@H]1O. The molecular formula is C19H22O5. The van der Waals surface area contributed by atoms with Gasteiger partial charge >= 0.3 is 0 Å². The van der Waals surface area contributed by atoms with Crippen molar-refractivity contribution >= 4 is 0 Å². The first-order chi connectivity index (χ1) is 11.6. The lowest BCUT2D eigenvalue weighted by Gasteiger charge is -2.22. The molecule has 128 valence electrons. The molecule has 5 nitrogen and oxygen atoms in total. The van der Waals surface area contributed by atoms with Crippen LogP contribution in [0, 0.1) is 0 Å². The molecule has 0 radical (unpaired) electrons. The molecule has 3 rings (SSSR count). The average Bonchev–Trinajstić information content (AvgIpc) is 2.90. The van der Waals surface area contributed by atoms with Crippen LogP contribution in [-0.4, -0.2) is 51.4 Å². The minimum Gasteiger partial charge on any atom is -0.394 e. The Morgan fingerprint density at radius 1 is 0.917 bits per heavy atom. The van der Waals surface area contributed by atoms with Crippen molar-refractivity contribution in [2.24, 2.45) is 0 Å². The standard InChI is InChI=1S/C19H22O5/c20-11-15-17(22)18(23)19(24-15)16(21)14-8-4-7-13(10-14)9-12-5-2-1-3-6-12/h1-8,10,15-23H,9,11H2/t15-,16+,17-,18+,19+/m1/s1. The van der Waals surface area contributed by atoms with Gasteiger partial charge in [0.25, 0.3) is 0 Å². The van der Waals surface area contributed by atoms with Crippen LogP contribution in [0.3, 0.4) is 0 Å². The van der Waals surface area contributed by atoms with Gasteiger partial charge in [-0.1, -0.05) is 54.6 Å². The third-order valence-corrected chi connectivity index (χ3v) is 4.43. The monoisotopic (exact) mass is 330 g/mol. The summed E-state index contributed by atoms with van der Waals surface area (Å²) in [5, 5.41) is 39.6. The highest BCUT2D eigenvalue weighted by atomic mass is 16.6. The van der Waals surface area contributed by atoms with Gasteiger partial charge in [-0.25, -0.2) is 0 Å². The lowest BCUT2D eigenvalue weighted by atomic mass is 9.95. The molecule has 1 saturated heterocycles. The number of aliphatic hydroxyl groups excluding tert-OH is 4. The van der Waals surface area contributed by atoms with Crippen LogP contribution >= 0.6 is 0 Å². The van der Waals surface area contributed by atoms with Crippen molar-refractivity contribution < 1.29 is 25.2 Å². The van der Waals surface area contributed by atoms with Gasteiger partial charge in [0.15, 0.2) is 0 Å². The topological polar surface area (TPSA) is 90.2 Å². The quantitative estimate of drug-likeness (QED) is 0.651. The fraction of sp³-hybridized carbons (Fsp3) is 0.368. The molecule has 2 aromatic rings. The third-order valence-electron chi connectivity index (χ3n) is 4.43. The van der Waals surface area contributed by atoms with Gasteiger partial charge in [-0.15, -0.1) is 0 Å². The largest absolute Gasteiger partial charge is 0.394 e. The predicted octanol–water partition coefficient (Wildman–Crippen LogP) is 0.792. The highest BCUT2D eigenvalue weighted by Crippen LogP contribution is 2.31. The van der Waals surface area contributed by atoms with Gasteiger partial charge < -0.3 is 25.2 Å². The number of hydrogen-bond acceptors (Lipinski definition) is 5. The van der Waals surface area contributed by atoms with Crippen molar-refractivity contribution in [2.75, 3.05) is 6.61 Å². The van der Waals surface area contributed by atoms with E-state index in [0.717, 1.165) is 17.5 Å². The van der Waals surface area contributed by atoms with E-state index >= 15 is 0 Å². The molecule has 5 heteroatoms. The van der Waals surface area contributed by atoms with Gasteiger partial charge in [0, 0.05) is 0 Å². The van der Waals surface area contributed by atoms with Crippen molar-refractivity contribution in [1.82, 2.24) is 0 Å². The molecule has 0 amide bonds. The summed E-state index contributed by atoms with van der Waals surface area (Å²) in [7, 11) is 0. The maximum Gasteiger partial charge on any atom is 0.117 e. The van der Waals surface area contributed by atoms with Crippen molar-refractivity contribution in [3.05, 3.63) is 71.3 Å². The smallest absolute Gasteiger partial charge is 0.117 e. The molecule has 1 aliphatic heterocycles. The van der Waals surface area contributed by atoms with E-state index in [1.165, 1.54) is 0 Å². The zero-order valence-corrected chi connectivity index (χ0v) is 13.2. The van der Waals surface area contributed by atoms with Gasteiger partial charge in [-0.05, 0) is 23.1 Å². The second kappa shape index (κ2) is 7.42. The van der Waals surface area contributed by atoms with E-state index in [1.54, 1.807) is 6.07 Å². The van der Waals surface area contributed by atoms with E-state index < -0.39 is 37.1 Å². The van der Waals surface area contributed by atoms with Crippen molar-refractivity contribution in [3.8, 4) is 0 Å². The fourth-order valence-corrected chi connectivity index (χ4v) is 3.10. The maximum atomic E-state index is 10.5. The first-order valence-corrected chi connectivity index (χ1v) is 8.03. The summed E-state index contributed by atoms with van der Waals surface area (Å²) in [4.78, 5) is 0.